The molecular formula is C18H22BrN3O6S. The van der Waals surface area contributed by atoms with Gasteiger partial charge < -0.3 is 14.6 Å². The van der Waals surface area contributed by atoms with Crippen LogP contribution < -0.4 is 13.8 Å². The van der Waals surface area contributed by atoms with Crippen LogP contribution in [0.25, 0.3) is 0 Å². The lowest BCUT2D eigenvalue weighted by molar-refractivity contribution is -0.137. The molecule has 2 aromatic rings. The van der Waals surface area contributed by atoms with Gasteiger partial charge in [-0.15, -0.1) is 5.10 Å². The molecule has 2 heterocycles. The molecule has 0 unspecified atom stereocenters. The Morgan fingerprint density at radius 1 is 1.41 bits per heavy atom. The highest BCUT2D eigenvalue weighted by molar-refractivity contribution is 9.10. The van der Waals surface area contributed by atoms with Gasteiger partial charge in [0.25, 0.3) is 15.9 Å². The van der Waals surface area contributed by atoms with Crippen molar-refractivity contribution in [3.63, 3.8) is 0 Å². The quantitative estimate of drug-likeness (QED) is 0.608. The van der Waals surface area contributed by atoms with Crippen LogP contribution in [0.15, 0.2) is 33.8 Å². The normalized spacial score (nSPS) is 16.2. The van der Waals surface area contributed by atoms with Crippen LogP contribution in [0.2, 0.25) is 0 Å². The van der Waals surface area contributed by atoms with Crippen LogP contribution in [0.5, 0.6) is 11.6 Å². The minimum atomic E-state index is -4.03. The molecule has 0 radical (unpaired) electrons. The Labute approximate surface area is 177 Å². The molecular weight excluding hydrogens is 466 g/mol. The minimum absolute atomic E-state index is 0.0120. The maximum atomic E-state index is 13.6. The minimum Gasteiger partial charge on any atom is -0.486 e. The summed E-state index contributed by atoms with van der Waals surface area (Å²) in [5.41, 5.74) is 0.373. The van der Waals surface area contributed by atoms with E-state index >= 15 is 0 Å². The third-order valence-corrected chi connectivity index (χ3v) is 6.66. The van der Waals surface area contributed by atoms with Crippen molar-refractivity contribution < 1.29 is 27.8 Å². The van der Waals surface area contributed by atoms with E-state index in [9.17, 15) is 13.2 Å². The Morgan fingerprint density at radius 2 is 2.17 bits per heavy atom. The number of nitrogens with zero attached hydrogens (tertiary/aromatic N) is 3. The molecule has 11 heteroatoms. The number of benzene rings is 1. The fraction of sp³-hybridized carbons (Fsp3) is 0.444. The smallest absolute Gasteiger partial charge is 0.303 e. The molecule has 3 rings (SSSR count). The summed E-state index contributed by atoms with van der Waals surface area (Å²) in [4.78, 5) is 10.9. The van der Waals surface area contributed by atoms with Crippen LogP contribution in [-0.4, -0.2) is 48.5 Å². The van der Waals surface area contributed by atoms with Crippen molar-refractivity contribution in [2.24, 2.45) is 0 Å². The summed E-state index contributed by atoms with van der Waals surface area (Å²) in [6.45, 7) is 4.35. The van der Waals surface area contributed by atoms with Crippen molar-refractivity contribution >= 4 is 37.6 Å². The number of anilines is 1. The number of ether oxygens (including phenoxy) is 2. The fourth-order valence-electron chi connectivity index (χ4n) is 3.03. The highest BCUT2D eigenvalue weighted by Gasteiger charge is 2.37. The van der Waals surface area contributed by atoms with Crippen molar-refractivity contribution in [2.45, 2.75) is 44.2 Å². The molecule has 29 heavy (non-hydrogen) atoms. The first-order chi connectivity index (χ1) is 13.8. The molecule has 0 saturated carbocycles. The van der Waals surface area contributed by atoms with Crippen LogP contribution >= 0.6 is 15.9 Å². The lowest BCUT2D eigenvalue weighted by Crippen LogP contribution is -2.43. The lowest BCUT2D eigenvalue weighted by atomic mass is 10.1. The summed E-state index contributed by atoms with van der Waals surface area (Å²) in [5, 5.41) is 13.2. The molecule has 1 atom stereocenters. The Kier molecular flexibility index (Phi) is 6.37. The summed E-state index contributed by atoms with van der Waals surface area (Å²) in [7, 11) is -4.03. The molecule has 0 fully saturated rings. The van der Waals surface area contributed by atoms with Crippen molar-refractivity contribution in [2.75, 3.05) is 17.5 Å². The highest BCUT2D eigenvalue weighted by Crippen LogP contribution is 2.40. The molecule has 0 saturated heterocycles. The van der Waals surface area contributed by atoms with Gasteiger partial charge in [0, 0.05) is 23.6 Å². The van der Waals surface area contributed by atoms with E-state index in [1.807, 2.05) is 6.92 Å². The largest absolute Gasteiger partial charge is 0.486 e. The third kappa shape index (κ3) is 4.50. The summed E-state index contributed by atoms with van der Waals surface area (Å²) in [6, 6.07) is 5.06. The van der Waals surface area contributed by atoms with Crippen LogP contribution in [0.1, 0.15) is 26.7 Å². The number of aliphatic carboxylic acids is 1. The van der Waals surface area contributed by atoms with E-state index in [4.69, 9.17) is 14.6 Å². The number of fused-ring (bicyclic) bond motifs is 1. The first kappa shape index (κ1) is 21.4. The number of aryl methyl sites for hydroxylation is 1. The van der Waals surface area contributed by atoms with Gasteiger partial charge in [0.05, 0.1) is 18.8 Å². The van der Waals surface area contributed by atoms with E-state index in [0.29, 0.717) is 22.5 Å². The molecule has 1 N–H and O–H groups in total. The number of aromatic nitrogens is 2. The van der Waals surface area contributed by atoms with Crippen LogP contribution in [0.4, 0.5) is 5.69 Å². The predicted molar refractivity (Wildman–Crippen MR) is 109 cm³/mol. The van der Waals surface area contributed by atoms with Gasteiger partial charge >= 0.3 is 5.97 Å². The number of carboxylic acid groups (broad SMARTS) is 1. The van der Waals surface area contributed by atoms with Gasteiger partial charge in [0.2, 0.25) is 0 Å². The number of hydrogen-bond acceptors (Lipinski definition) is 6. The monoisotopic (exact) mass is 487 g/mol. The third-order valence-electron chi connectivity index (χ3n) is 4.40. The Morgan fingerprint density at radius 3 is 2.83 bits per heavy atom. The number of carbonyl (C=O) groups is 1. The van der Waals surface area contributed by atoms with E-state index in [1.165, 1.54) is 15.2 Å². The van der Waals surface area contributed by atoms with E-state index < -0.39 is 22.1 Å². The number of sulfonamides is 1. The number of halogens is 1. The summed E-state index contributed by atoms with van der Waals surface area (Å²) in [5.74, 6) is -0.550. The van der Waals surface area contributed by atoms with Crippen LogP contribution in [0, 0.1) is 0 Å². The van der Waals surface area contributed by atoms with Crippen molar-refractivity contribution in [3.05, 3.63) is 28.9 Å². The summed E-state index contributed by atoms with van der Waals surface area (Å²) < 4.78 is 41.9. The second kappa shape index (κ2) is 8.62. The van der Waals surface area contributed by atoms with Gasteiger partial charge in [0.15, 0.2) is 4.90 Å². The van der Waals surface area contributed by atoms with Crippen LogP contribution in [-0.2, 0) is 21.4 Å². The van der Waals surface area contributed by atoms with Crippen molar-refractivity contribution in [3.8, 4) is 11.6 Å². The van der Waals surface area contributed by atoms with Crippen LogP contribution in [0.3, 0.4) is 0 Å². The molecule has 1 aliphatic rings. The molecule has 9 nitrogen and oxygen atoms in total. The van der Waals surface area contributed by atoms with Gasteiger partial charge in [-0.3, -0.25) is 13.8 Å². The Balaban J connectivity index is 2.06. The Bertz CT molecular complexity index is 1010. The Hall–Kier alpha value is -2.27. The molecule has 0 aliphatic carbocycles. The second-order valence-electron chi connectivity index (χ2n) is 6.41. The van der Waals surface area contributed by atoms with E-state index in [1.54, 1.807) is 25.1 Å². The molecule has 0 spiro atoms. The number of carboxylic acids is 1. The van der Waals surface area contributed by atoms with Gasteiger partial charge in [0.1, 0.15) is 11.9 Å². The molecule has 1 aromatic carbocycles. The zero-order valence-electron chi connectivity index (χ0n) is 16.0. The van der Waals surface area contributed by atoms with Gasteiger partial charge in [-0.1, -0.05) is 15.9 Å². The van der Waals surface area contributed by atoms with Gasteiger partial charge in [-0.25, -0.2) is 8.42 Å². The molecule has 1 aliphatic heterocycles. The zero-order chi connectivity index (χ0) is 21.2. The maximum absolute atomic E-state index is 13.6. The van der Waals surface area contributed by atoms with Gasteiger partial charge in [-0.2, -0.15) is 0 Å². The van der Waals surface area contributed by atoms with E-state index in [-0.39, 0.29) is 36.8 Å². The van der Waals surface area contributed by atoms with Crippen molar-refractivity contribution in [1.29, 1.82) is 0 Å². The number of hydrogen-bond donors (Lipinski definition) is 1. The molecule has 0 bridgehead atoms. The number of rotatable bonds is 8. The van der Waals surface area contributed by atoms with E-state index in [2.05, 4.69) is 21.0 Å². The predicted octanol–water partition coefficient (Wildman–Crippen LogP) is 2.89. The maximum Gasteiger partial charge on any atom is 0.303 e. The summed E-state index contributed by atoms with van der Waals surface area (Å²) >= 11 is 3.36. The molecule has 1 aromatic heterocycles. The highest BCUT2D eigenvalue weighted by atomic mass is 79.9. The SMILES string of the molecule is CCOc1nn(CC)cc1S(=O)(=O)N1C[C@H](CCC(=O)O)Oc2ccc(Br)cc21. The average molecular weight is 488 g/mol. The summed E-state index contributed by atoms with van der Waals surface area (Å²) in [6.07, 6.45) is 0.914. The van der Waals surface area contributed by atoms with Gasteiger partial charge in [-0.05, 0) is 38.5 Å². The lowest BCUT2D eigenvalue weighted by Gasteiger charge is -2.35. The zero-order valence-corrected chi connectivity index (χ0v) is 18.4. The first-order valence-electron chi connectivity index (χ1n) is 9.17. The second-order valence-corrected chi connectivity index (χ2v) is 9.15. The van der Waals surface area contributed by atoms with E-state index in [0.717, 1.165) is 0 Å². The standard InChI is InChI=1S/C18H22BrN3O6S/c1-3-21-11-16(18(20-21)27-4-2)29(25,26)22-10-13(6-8-17(23)24)28-15-7-5-12(19)9-14(15)22/h5,7,9,11,13H,3-4,6,8,10H2,1-2H3,(H,23,24)/t13-/m0/s1. The first-order valence-corrected chi connectivity index (χ1v) is 11.4. The van der Waals surface area contributed by atoms with Crippen molar-refractivity contribution in [1.82, 2.24) is 9.78 Å². The average Bonchev–Trinajstić information content (AvgIpc) is 3.10. The topological polar surface area (TPSA) is 111 Å². The molecule has 158 valence electrons. The fourth-order valence-corrected chi connectivity index (χ4v) is 4.95. The molecule has 0 amide bonds.